The van der Waals surface area contributed by atoms with Crippen molar-refractivity contribution in [3.05, 3.63) is 27.8 Å². The first-order valence-corrected chi connectivity index (χ1v) is 10.0. The minimum absolute atomic E-state index is 0.0492. The summed E-state index contributed by atoms with van der Waals surface area (Å²) in [6.07, 6.45) is 2.01. The van der Waals surface area contributed by atoms with Gasteiger partial charge in [0.15, 0.2) is 5.82 Å². The molecule has 138 valence electrons. The summed E-state index contributed by atoms with van der Waals surface area (Å²) in [7, 11) is 0. The quantitative estimate of drug-likeness (QED) is 0.799. The van der Waals surface area contributed by atoms with E-state index in [1.54, 1.807) is 11.3 Å². The number of thiazole rings is 1. The molecule has 3 heterocycles. The lowest BCUT2D eigenvalue weighted by atomic mass is 9.91. The zero-order valence-corrected chi connectivity index (χ0v) is 16.3. The third-order valence-corrected chi connectivity index (χ3v) is 5.74. The third kappa shape index (κ3) is 4.65. The summed E-state index contributed by atoms with van der Waals surface area (Å²) in [5.41, 5.74) is 1.08. The standard InChI is InChI=1S/C18H28N4O2S/c1-11(2)16-21-17(24-22-16)15(13-5-7-23-8-6-13)19-9-14-10-25-18(20-14)12(3)4/h10-13,15,19H,5-9H2,1-4H3/t15-/m1/s1. The molecule has 0 saturated carbocycles. The van der Waals surface area contributed by atoms with Gasteiger partial charge >= 0.3 is 0 Å². The molecule has 25 heavy (non-hydrogen) atoms. The van der Waals surface area contributed by atoms with Gasteiger partial charge in [-0.1, -0.05) is 32.9 Å². The van der Waals surface area contributed by atoms with Crippen molar-refractivity contribution in [2.75, 3.05) is 13.2 Å². The van der Waals surface area contributed by atoms with Crippen molar-refractivity contribution in [3.8, 4) is 0 Å². The van der Waals surface area contributed by atoms with Crippen molar-refractivity contribution in [2.45, 2.75) is 65.0 Å². The zero-order chi connectivity index (χ0) is 17.8. The molecule has 0 unspecified atom stereocenters. The number of aromatic nitrogens is 3. The molecule has 0 spiro atoms. The van der Waals surface area contributed by atoms with E-state index < -0.39 is 0 Å². The van der Waals surface area contributed by atoms with Gasteiger partial charge in [-0.3, -0.25) is 5.32 Å². The first-order chi connectivity index (χ1) is 12.0. The number of rotatable bonds is 7. The van der Waals surface area contributed by atoms with Crippen LogP contribution < -0.4 is 5.32 Å². The highest BCUT2D eigenvalue weighted by Crippen LogP contribution is 2.30. The molecule has 0 aliphatic carbocycles. The lowest BCUT2D eigenvalue weighted by Crippen LogP contribution is -2.32. The Kier molecular flexibility index (Phi) is 6.19. The lowest BCUT2D eigenvalue weighted by molar-refractivity contribution is 0.0485. The van der Waals surface area contributed by atoms with Gasteiger partial charge in [-0.25, -0.2) is 4.98 Å². The zero-order valence-electron chi connectivity index (χ0n) is 15.5. The molecule has 1 aliphatic rings. The van der Waals surface area contributed by atoms with Crippen LogP contribution >= 0.6 is 11.3 Å². The second-order valence-electron chi connectivity index (χ2n) is 7.29. The number of hydrogen-bond donors (Lipinski definition) is 1. The van der Waals surface area contributed by atoms with Crippen molar-refractivity contribution in [1.82, 2.24) is 20.4 Å². The summed E-state index contributed by atoms with van der Waals surface area (Å²) in [6.45, 7) is 10.8. The summed E-state index contributed by atoms with van der Waals surface area (Å²) in [6, 6.07) is 0.0492. The predicted molar refractivity (Wildman–Crippen MR) is 97.7 cm³/mol. The Balaban J connectivity index is 1.73. The molecule has 2 aromatic heterocycles. The molecule has 7 heteroatoms. The Labute approximate surface area is 153 Å². The highest BCUT2D eigenvalue weighted by Gasteiger charge is 2.30. The van der Waals surface area contributed by atoms with Crippen molar-refractivity contribution < 1.29 is 9.26 Å². The molecule has 1 saturated heterocycles. The van der Waals surface area contributed by atoms with Crippen LogP contribution in [0.5, 0.6) is 0 Å². The Bertz CT molecular complexity index is 662. The van der Waals surface area contributed by atoms with E-state index in [2.05, 4.69) is 48.5 Å². The van der Waals surface area contributed by atoms with Gasteiger partial charge in [0.1, 0.15) is 0 Å². The van der Waals surface area contributed by atoms with Crippen LogP contribution in [0.25, 0.3) is 0 Å². The number of ether oxygens (including phenoxy) is 1. The van der Waals surface area contributed by atoms with Gasteiger partial charge in [0, 0.05) is 37.0 Å². The molecule has 1 N–H and O–H groups in total. The molecule has 2 aromatic rings. The molecule has 1 atom stereocenters. The molecular weight excluding hydrogens is 336 g/mol. The van der Waals surface area contributed by atoms with E-state index in [4.69, 9.17) is 14.2 Å². The SMILES string of the molecule is CC(C)c1noc([C@H](NCc2csc(C(C)C)n2)C2CCOCC2)n1. The fourth-order valence-corrected chi connectivity index (χ4v) is 3.83. The van der Waals surface area contributed by atoms with Crippen LogP contribution in [-0.4, -0.2) is 28.3 Å². The normalized spacial score (nSPS) is 17.5. The van der Waals surface area contributed by atoms with Crippen LogP contribution in [0.4, 0.5) is 0 Å². The molecule has 1 aliphatic heterocycles. The second-order valence-corrected chi connectivity index (χ2v) is 8.18. The summed E-state index contributed by atoms with van der Waals surface area (Å²) < 4.78 is 11.1. The minimum atomic E-state index is 0.0492. The van der Waals surface area contributed by atoms with Crippen LogP contribution in [0.15, 0.2) is 9.90 Å². The summed E-state index contributed by atoms with van der Waals surface area (Å²) in [5.74, 6) is 2.63. The minimum Gasteiger partial charge on any atom is -0.381 e. The molecular formula is C18H28N4O2S. The van der Waals surface area contributed by atoms with Gasteiger partial charge in [0.2, 0.25) is 5.89 Å². The second kappa shape index (κ2) is 8.38. The van der Waals surface area contributed by atoms with Crippen LogP contribution in [-0.2, 0) is 11.3 Å². The van der Waals surface area contributed by atoms with Gasteiger partial charge in [-0.05, 0) is 18.8 Å². The summed E-state index contributed by atoms with van der Waals surface area (Å²) >= 11 is 1.73. The average Bonchev–Trinajstić information content (AvgIpc) is 3.26. The lowest BCUT2D eigenvalue weighted by Gasteiger charge is -2.28. The van der Waals surface area contributed by atoms with Crippen LogP contribution in [0.1, 0.15) is 80.8 Å². The molecule has 0 aromatic carbocycles. The van der Waals surface area contributed by atoms with Crippen molar-refractivity contribution in [3.63, 3.8) is 0 Å². The molecule has 6 nitrogen and oxygen atoms in total. The first kappa shape index (κ1) is 18.5. The Morgan fingerprint density at radius 3 is 2.52 bits per heavy atom. The van der Waals surface area contributed by atoms with Gasteiger partial charge in [0.25, 0.3) is 0 Å². The largest absolute Gasteiger partial charge is 0.381 e. The molecule has 0 amide bonds. The maximum atomic E-state index is 5.59. The maximum absolute atomic E-state index is 5.59. The molecule has 3 rings (SSSR count). The van der Waals surface area contributed by atoms with Gasteiger partial charge < -0.3 is 9.26 Å². The Morgan fingerprint density at radius 2 is 1.92 bits per heavy atom. The maximum Gasteiger partial charge on any atom is 0.244 e. The fraction of sp³-hybridized carbons (Fsp3) is 0.722. The van der Waals surface area contributed by atoms with E-state index in [0.717, 1.165) is 37.6 Å². The third-order valence-electron chi connectivity index (χ3n) is 4.54. The first-order valence-electron chi connectivity index (χ1n) is 9.13. The number of hydrogen-bond acceptors (Lipinski definition) is 7. The van der Waals surface area contributed by atoms with Gasteiger partial charge in [-0.15, -0.1) is 11.3 Å². The topological polar surface area (TPSA) is 73.1 Å². The summed E-state index contributed by atoms with van der Waals surface area (Å²) in [4.78, 5) is 9.35. The van der Waals surface area contributed by atoms with E-state index in [1.165, 1.54) is 5.01 Å². The van der Waals surface area contributed by atoms with Crippen molar-refractivity contribution in [2.24, 2.45) is 5.92 Å². The molecule has 1 fully saturated rings. The van der Waals surface area contributed by atoms with E-state index in [1.807, 2.05) is 0 Å². The number of nitrogens with zero attached hydrogens (tertiary/aromatic N) is 3. The van der Waals surface area contributed by atoms with Crippen LogP contribution in [0.3, 0.4) is 0 Å². The van der Waals surface area contributed by atoms with E-state index >= 15 is 0 Å². The monoisotopic (exact) mass is 364 g/mol. The Hall–Kier alpha value is -1.31. The van der Waals surface area contributed by atoms with Gasteiger partial charge in [-0.2, -0.15) is 4.98 Å². The fourth-order valence-electron chi connectivity index (χ4n) is 3.00. The van der Waals surface area contributed by atoms with Crippen molar-refractivity contribution in [1.29, 1.82) is 0 Å². The van der Waals surface area contributed by atoms with Gasteiger partial charge in [0.05, 0.1) is 16.7 Å². The van der Waals surface area contributed by atoms with E-state index in [-0.39, 0.29) is 12.0 Å². The molecule has 0 radical (unpaired) electrons. The summed E-state index contributed by atoms with van der Waals surface area (Å²) in [5, 5.41) is 11.1. The highest BCUT2D eigenvalue weighted by molar-refractivity contribution is 7.09. The predicted octanol–water partition coefficient (Wildman–Crippen LogP) is 4.03. The van der Waals surface area contributed by atoms with Crippen molar-refractivity contribution >= 4 is 11.3 Å². The highest BCUT2D eigenvalue weighted by atomic mass is 32.1. The molecule has 0 bridgehead atoms. The average molecular weight is 365 g/mol. The van der Waals surface area contributed by atoms with Crippen LogP contribution in [0.2, 0.25) is 0 Å². The van der Waals surface area contributed by atoms with E-state index in [9.17, 15) is 0 Å². The Morgan fingerprint density at radius 1 is 1.16 bits per heavy atom. The smallest absolute Gasteiger partial charge is 0.244 e. The number of nitrogens with one attached hydrogen (secondary N) is 1. The van der Waals surface area contributed by atoms with E-state index in [0.29, 0.717) is 24.3 Å². The van der Waals surface area contributed by atoms with Crippen LogP contribution in [0, 0.1) is 5.92 Å².